The molecule has 0 radical (unpaired) electrons. The Hall–Kier alpha value is -3.63. The molecule has 0 aliphatic heterocycles. The largest absolute Gasteiger partial charge is 0.457 e. The number of pyridine rings is 1. The summed E-state index contributed by atoms with van der Waals surface area (Å²) in [6.45, 7) is 0. The maximum absolute atomic E-state index is 12.5. The van der Waals surface area contributed by atoms with Crippen LogP contribution in [0.4, 0.5) is 5.69 Å². The van der Waals surface area contributed by atoms with Crippen molar-refractivity contribution < 1.29 is 9.53 Å². The monoisotopic (exact) mass is 400 g/mol. The quantitative estimate of drug-likeness (QED) is 0.419. The molecule has 4 rings (SSSR count). The number of benzene rings is 3. The minimum absolute atomic E-state index is 0.194. The Morgan fingerprint density at radius 1 is 0.793 bits per heavy atom. The average Bonchev–Trinajstić information content (AvgIpc) is 2.76. The van der Waals surface area contributed by atoms with Gasteiger partial charge in [-0.2, -0.15) is 0 Å². The summed E-state index contributed by atoms with van der Waals surface area (Å²) in [5.41, 5.74) is 2.78. The van der Waals surface area contributed by atoms with Crippen LogP contribution in [0.25, 0.3) is 11.3 Å². The molecule has 0 saturated carbocycles. The first-order valence-corrected chi connectivity index (χ1v) is 9.42. The molecule has 0 aliphatic carbocycles. The van der Waals surface area contributed by atoms with E-state index in [0.717, 1.165) is 11.3 Å². The highest BCUT2D eigenvalue weighted by Gasteiger charge is 2.09. The van der Waals surface area contributed by atoms with Gasteiger partial charge in [-0.15, -0.1) is 0 Å². The van der Waals surface area contributed by atoms with Crippen molar-refractivity contribution in [2.45, 2.75) is 0 Å². The molecule has 3 aromatic carbocycles. The van der Waals surface area contributed by atoms with E-state index in [2.05, 4.69) is 10.3 Å². The van der Waals surface area contributed by atoms with Gasteiger partial charge in [-0.3, -0.25) is 9.78 Å². The van der Waals surface area contributed by atoms with E-state index < -0.39 is 0 Å². The summed E-state index contributed by atoms with van der Waals surface area (Å²) in [4.78, 5) is 16.8. The summed E-state index contributed by atoms with van der Waals surface area (Å²) in [6.07, 6.45) is 1.69. The fraction of sp³-hybridized carbons (Fsp3) is 0. The van der Waals surface area contributed by atoms with E-state index in [1.807, 2.05) is 54.6 Å². The van der Waals surface area contributed by atoms with Crippen molar-refractivity contribution in [2.24, 2.45) is 0 Å². The number of amides is 1. The second-order valence-electron chi connectivity index (χ2n) is 6.30. The summed E-state index contributed by atoms with van der Waals surface area (Å²) < 4.78 is 5.76. The second-order valence-corrected chi connectivity index (χ2v) is 6.71. The molecular formula is C24H17ClN2O2. The highest BCUT2D eigenvalue weighted by molar-refractivity contribution is 6.33. The van der Waals surface area contributed by atoms with Gasteiger partial charge in [-0.1, -0.05) is 41.9 Å². The first-order chi connectivity index (χ1) is 14.2. The summed E-state index contributed by atoms with van der Waals surface area (Å²) in [5.74, 6) is 1.27. The molecule has 5 heteroatoms. The van der Waals surface area contributed by atoms with Crippen LogP contribution in [-0.4, -0.2) is 10.9 Å². The van der Waals surface area contributed by atoms with Crippen LogP contribution in [0.3, 0.4) is 0 Å². The van der Waals surface area contributed by atoms with Gasteiger partial charge in [0.1, 0.15) is 11.5 Å². The molecule has 1 heterocycles. The van der Waals surface area contributed by atoms with Crippen molar-refractivity contribution in [3.8, 4) is 22.8 Å². The molecule has 1 N–H and O–H groups in total. The molecule has 4 aromatic rings. The predicted octanol–water partition coefficient (Wildman–Crippen LogP) is 6.45. The Morgan fingerprint density at radius 2 is 1.48 bits per heavy atom. The van der Waals surface area contributed by atoms with E-state index in [0.29, 0.717) is 27.7 Å². The average molecular weight is 401 g/mol. The maximum atomic E-state index is 12.5. The fourth-order valence-electron chi connectivity index (χ4n) is 2.81. The number of carbonyl (C=O) groups excluding carboxylic acids is 1. The molecule has 0 atom stereocenters. The Kier molecular flexibility index (Phi) is 5.54. The Labute approximate surface area is 173 Å². The molecule has 0 saturated heterocycles. The number of halogens is 1. The van der Waals surface area contributed by atoms with E-state index >= 15 is 0 Å². The summed E-state index contributed by atoms with van der Waals surface area (Å²) in [5, 5.41) is 3.46. The van der Waals surface area contributed by atoms with Gasteiger partial charge in [0.25, 0.3) is 5.91 Å². The second kappa shape index (κ2) is 8.59. The number of rotatable bonds is 5. The minimum Gasteiger partial charge on any atom is -0.457 e. The van der Waals surface area contributed by atoms with Gasteiger partial charge in [-0.05, 0) is 60.7 Å². The number of nitrogens with zero attached hydrogens (tertiary/aromatic N) is 1. The number of anilines is 1. The van der Waals surface area contributed by atoms with Gasteiger partial charge in [-0.25, -0.2) is 0 Å². The van der Waals surface area contributed by atoms with Crippen molar-refractivity contribution in [3.05, 3.63) is 108 Å². The van der Waals surface area contributed by atoms with Crippen LogP contribution in [-0.2, 0) is 0 Å². The topological polar surface area (TPSA) is 51.2 Å². The van der Waals surface area contributed by atoms with Gasteiger partial charge < -0.3 is 10.1 Å². The van der Waals surface area contributed by atoms with Crippen LogP contribution < -0.4 is 10.1 Å². The third-order valence-corrected chi connectivity index (χ3v) is 4.58. The zero-order valence-electron chi connectivity index (χ0n) is 15.4. The number of hydrogen-bond acceptors (Lipinski definition) is 3. The fourth-order valence-corrected chi connectivity index (χ4v) is 3.04. The lowest BCUT2D eigenvalue weighted by molar-refractivity contribution is 0.102. The molecule has 4 nitrogen and oxygen atoms in total. The molecule has 0 bridgehead atoms. The molecule has 0 spiro atoms. The Morgan fingerprint density at radius 3 is 2.17 bits per heavy atom. The molecule has 142 valence electrons. The molecular weight excluding hydrogens is 384 g/mol. The van der Waals surface area contributed by atoms with Gasteiger partial charge in [0.15, 0.2) is 0 Å². The van der Waals surface area contributed by atoms with Gasteiger partial charge in [0, 0.05) is 23.0 Å². The van der Waals surface area contributed by atoms with E-state index in [1.54, 1.807) is 42.6 Å². The highest BCUT2D eigenvalue weighted by atomic mass is 35.5. The van der Waals surface area contributed by atoms with Crippen LogP contribution in [0.1, 0.15) is 10.4 Å². The molecule has 0 fully saturated rings. The van der Waals surface area contributed by atoms with Gasteiger partial charge in [0.2, 0.25) is 0 Å². The standard InChI is InChI=1S/C24H17ClN2O2/c25-22-7-4-16-26-23(22)17-8-10-18(11-9-17)24(28)27-19-12-14-21(15-13-19)29-20-5-2-1-3-6-20/h1-16H,(H,27,28). The zero-order valence-corrected chi connectivity index (χ0v) is 16.1. The number of hydrogen-bond donors (Lipinski definition) is 1. The van der Waals surface area contributed by atoms with Crippen LogP contribution in [0.5, 0.6) is 11.5 Å². The Balaban J connectivity index is 1.42. The van der Waals surface area contributed by atoms with Crippen LogP contribution in [0.15, 0.2) is 97.2 Å². The molecule has 1 aromatic heterocycles. The van der Waals surface area contributed by atoms with E-state index in [1.165, 1.54) is 0 Å². The van der Waals surface area contributed by atoms with Gasteiger partial charge >= 0.3 is 0 Å². The van der Waals surface area contributed by atoms with Crippen molar-refractivity contribution in [1.82, 2.24) is 4.98 Å². The number of nitrogens with one attached hydrogen (secondary N) is 1. The summed E-state index contributed by atoms with van der Waals surface area (Å²) >= 11 is 6.18. The first-order valence-electron chi connectivity index (χ1n) is 9.04. The summed E-state index contributed by atoms with van der Waals surface area (Å²) in [6, 6.07) is 27.5. The lowest BCUT2D eigenvalue weighted by Crippen LogP contribution is -2.11. The predicted molar refractivity (Wildman–Crippen MR) is 116 cm³/mol. The molecule has 29 heavy (non-hydrogen) atoms. The van der Waals surface area contributed by atoms with Crippen molar-refractivity contribution in [1.29, 1.82) is 0 Å². The first kappa shape index (κ1) is 18.7. The normalized spacial score (nSPS) is 10.4. The smallest absolute Gasteiger partial charge is 0.255 e. The molecule has 1 amide bonds. The van der Waals surface area contributed by atoms with E-state index in [-0.39, 0.29) is 5.91 Å². The van der Waals surface area contributed by atoms with Crippen molar-refractivity contribution >= 4 is 23.2 Å². The molecule has 0 unspecified atom stereocenters. The third-order valence-electron chi connectivity index (χ3n) is 4.27. The zero-order chi connectivity index (χ0) is 20.1. The third kappa shape index (κ3) is 4.62. The number of aromatic nitrogens is 1. The van der Waals surface area contributed by atoms with Crippen LogP contribution in [0.2, 0.25) is 5.02 Å². The van der Waals surface area contributed by atoms with Gasteiger partial charge in [0.05, 0.1) is 10.7 Å². The van der Waals surface area contributed by atoms with Crippen LogP contribution in [0, 0.1) is 0 Å². The Bertz CT molecular complexity index is 1110. The van der Waals surface area contributed by atoms with E-state index in [9.17, 15) is 4.79 Å². The van der Waals surface area contributed by atoms with Crippen molar-refractivity contribution in [3.63, 3.8) is 0 Å². The van der Waals surface area contributed by atoms with Crippen molar-refractivity contribution in [2.75, 3.05) is 5.32 Å². The molecule has 0 aliphatic rings. The lowest BCUT2D eigenvalue weighted by Gasteiger charge is -2.09. The number of carbonyl (C=O) groups is 1. The minimum atomic E-state index is -0.194. The van der Waals surface area contributed by atoms with E-state index in [4.69, 9.17) is 16.3 Å². The SMILES string of the molecule is O=C(Nc1ccc(Oc2ccccc2)cc1)c1ccc(-c2ncccc2Cl)cc1. The number of para-hydroxylation sites is 1. The maximum Gasteiger partial charge on any atom is 0.255 e. The summed E-state index contributed by atoms with van der Waals surface area (Å²) in [7, 11) is 0. The lowest BCUT2D eigenvalue weighted by atomic mass is 10.1. The van der Waals surface area contributed by atoms with Crippen LogP contribution >= 0.6 is 11.6 Å². The highest BCUT2D eigenvalue weighted by Crippen LogP contribution is 2.26. The number of ether oxygens (including phenoxy) is 1.